The number of allylic oxidation sites excluding steroid dienone is 6. The van der Waals surface area contributed by atoms with Gasteiger partial charge in [0, 0.05) is 24.9 Å². The highest BCUT2D eigenvalue weighted by Gasteiger charge is 2.33. The Labute approximate surface area is 181 Å². The molecule has 0 aromatic carbocycles. The average Bonchev–Trinajstić information content (AvgIpc) is 3.31. The maximum Gasteiger partial charge on any atom is 0.202 e. The van der Waals surface area contributed by atoms with Gasteiger partial charge in [-0.25, -0.2) is 0 Å². The van der Waals surface area contributed by atoms with Crippen molar-refractivity contribution >= 4 is 29.1 Å². The van der Waals surface area contributed by atoms with Gasteiger partial charge in [0.1, 0.15) is 0 Å². The molecule has 7 nitrogen and oxygen atoms in total. The third-order valence-electron chi connectivity index (χ3n) is 5.70. The molecule has 1 aliphatic heterocycles. The zero-order valence-corrected chi connectivity index (χ0v) is 18.3. The highest BCUT2D eigenvalue weighted by atomic mass is 16.1. The summed E-state index contributed by atoms with van der Waals surface area (Å²) in [6, 6.07) is 0. The van der Waals surface area contributed by atoms with E-state index >= 15 is 0 Å². The second kappa shape index (κ2) is 8.17. The SMILES string of the molecule is CN(C)CCC1=C2C(=O)C=CC(c3[nH]c4c(c3CCN(C)C)C(=O)C=CC4=O)=C2N=C1. The summed E-state index contributed by atoms with van der Waals surface area (Å²) in [6.45, 7) is 1.53. The van der Waals surface area contributed by atoms with Crippen molar-refractivity contribution in [3.8, 4) is 0 Å². The molecular formula is C24H26N4O3. The molecule has 0 amide bonds. The number of hydrogen-bond donors (Lipinski definition) is 1. The number of carbonyl (C=O) groups excluding carboxylic acids is 3. The van der Waals surface area contributed by atoms with Crippen LogP contribution in [0.4, 0.5) is 0 Å². The number of likely N-dealkylation sites (N-methyl/N-ethyl adjacent to an activating group) is 1. The van der Waals surface area contributed by atoms with Gasteiger partial charge in [-0.05, 0) is 76.5 Å². The Hall–Kier alpha value is -3.16. The van der Waals surface area contributed by atoms with Gasteiger partial charge in [-0.3, -0.25) is 19.4 Å². The summed E-state index contributed by atoms with van der Waals surface area (Å²) in [5.74, 6) is -0.458. The largest absolute Gasteiger partial charge is 0.351 e. The van der Waals surface area contributed by atoms with Crippen LogP contribution in [-0.4, -0.2) is 79.6 Å². The first-order valence-corrected chi connectivity index (χ1v) is 10.3. The van der Waals surface area contributed by atoms with Crippen molar-refractivity contribution in [2.24, 2.45) is 4.99 Å². The van der Waals surface area contributed by atoms with E-state index in [1.165, 1.54) is 12.2 Å². The van der Waals surface area contributed by atoms with Gasteiger partial charge in [-0.2, -0.15) is 0 Å². The van der Waals surface area contributed by atoms with Crippen molar-refractivity contribution in [2.75, 3.05) is 41.3 Å². The lowest BCUT2D eigenvalue weighted by Crippen LogP contribution is -2.18. The molecule has 0 bridgehead atoms. The highest BCUT2D eigenvalue weighted by molar-refractivity contribution is 6.23. The van der Waals surface area contributed by atoms with E-state index in [4.69, 9.17) is 0 Å². The van der Waals surface area contributed by atoms with Crippen molar-refractivity contribution in [1.82, 2.24) is 14.8 Å². The van der Waals surface area contributed by atoms with E-state index in [1.54, 1.807) is 18.4 Å². The van der Waals surface area contributed by atoms with Crippen molar-refractivity contribution in [2.45, 2.75) is 12.8 Å². The number of carbonyl (C=O) groups is 3. The lowest BCUT2D eigenvalue weighted by molar-refractivity contribution is -0.111. The van der Waals surface area contributed by atoms with Crippen LogP contribution < -0.4 is 0 Å². The first-order valence-electron chi connectivity index (χ1n) is 10.3. The summed E-state index contributed by atoms with van der Waals surface area (Å²) < 4.78 is 0. The normalized spacial score (nSPS) is 17.7. The molecule has 2 aliphatic carbocycles. The fourth-order valence-corrected chi connectivity index (χ4v) is 4.09. The second-order valence-corrected chi connectivity index (χ2v) is 8.52. The highest BCUT2D eigenvalue weighted by Crippen LogP contribution is 2.39. The first kappa shape index (κ1) is 21.1. The van der Waals surface area contributed by atoms with Crippen LogP contribution in [-0.2, 0) is 11.2 Å². The molecule has 0 unspecified atom stereocenters. The molecule has 4 rings (SSSR count). The number of fused-ring (bicyclic) bond motifs is 2. The molecule has 1 aromatic heterocycles. The fraction of sp³-hybridized carbons (Fsp3) is 0.333. The predicted octanol–water partition coefficient (Wildman–Crippen LogP) is 2.24. The quantitative estimate of drug-likeness (QED) is 0.734. The predicted molar refractivity (Wildman–Crippen MR) is 121 cm³/mol. The molecule has 31 heavy (non-hydrogen) atoms. The standard InChI is InChI=1S/C24H26N4O3/c1-27(2)11-9-14-13-25-23-16(5-6-17(29)20(14)23)22-15(10-12-28(3)4)21-18(30)7-8-19(31)24(21)26-22/h5-8,13,26H,9-12H2,1-4H3. The number of aromatic nitrogens is 1. The summed E-state index contributed by atoms with van der Waals surface area (Å²) in [6.07, 6.45) is 9.00. The van der Waals surface area contributed by atoms with Crippen LogP contribution in [0.25, 0.3) is 5.57 Å². The Morgan fingerprint density at radius 3 is 2.16 bits per heavy atom. The summed E-state index contributed by atoms with van der Waals surface area (Å²) in [5.41, 5.74) is 5.12. The van der Waals surface area contributed by atoms with Crippen molar-refractivity contribution < 1.29 is 14.4 Å². The Kier molecular flexibility index (Phi) is 5.56. The van der Waals surface area contributed by atoms with Crippen LogP contribution in [0.1, 0.15) is 38.5 Å². The molecule has 2 heterocycles. The number of hydrogen-bond acceptors (Lipinski definition) is 6. The molecule has 1 N–H and O–H groups in total. The molecule has 0 radical (unpaired) electrons. The van der Waals surface area contributed by atoms with Crippen molar-refractivity contribution in [3.05, 3.63) is 63.7 Å². The minimum atomic E-state index is -0.217. The van der Waals surface area contributed by atoms with Crippen LogP contribution in [0.15, 0.2) is 46.1 Å². The Bertz CT molecular complexity index is 1140. The Morgan fingerprint density at radius 2 is 1.45 bits per heavy atom. The number of aliphatic imine (C=N–C) groups is 1. The van der Waals surface area contributed by atoms with E-state index in [9.17, 15) is 14.4 Å². The number of ketones is 3. The number of rotatable bonds is 7. The molecule has 0 saturated heterocycles. The summed E-state index contributed by atoms with van der Waals surface area (Å²) in [7, 11) is 7.91. The van der Waals surface area contributed by atoms with Crippen molar-refractivity contribution in [3.63, 3.8) is 0 Å². The maximum atomic E-state index is 12.7. The van der Waals surface area contributed by atoms with E-state index in [0.717, 1.165) is 29.7 Å². The lowest BCUT2D eigenvalue weighted by Gasteiger charge is -2.16. The van der Waals surface area contributed by atoms with E-state index in [-0.39, 0.29) is 17.3 Å². The van der Waals surface area contributed by atoms with Gasteiger partial charge in [0.2, 0.25) is 5.78 Å². The van der Waals surface area contributed by atoms with Gasteiger partial charge >= 0.3 is 0 Å². The van der Waals surface area contributed by atoms with E-state index in [0.29, 0.717) is 41.2 Å². The first-order chi connectivity index (χ1) is 14.8. The molecule has 160 valence electrons. The van der Waals surface area contributed by atoms with Crippen molar-refractivity contribution in [1.29, 1.82) is 0 Å². The maximum absolute atomic E-state index is 12.7. The van der Waals surface area contributed by atoms with Crippen LogP contribution in [0, 0.1) is 0 Å². The Morgan fingerprint density at radius 1 is 0.806 bits per heavy atom. The minimum absolute atomic E-state index is 0.0648. The Balaban J connectivity index is 1.86. The van der Waals surface area contributed by atoms with E-state index < -0.39 is 0 Å². The smallest absolute Gasteiger partial charge is 0.202 e. The van der Waals surface area contributed by atoms with E-state index in [2.05, 4.69) is 14.9 Å². The monoisotopic (exact) mass is 418 g/mol. The molecule has 0 saturated carbocycles. The molecule has 0 atom stereocenters. The van der Waals surface area contributed by atoms with Crippen LogP contribution >= 0.6 is 0 Å². The van der Waals surface area contributed by atoms with Gasteiger partial charge in [0.05, 0.1) is 28.2 Å². The molecule has 3 aliphatic rings. The van der Waals surface area contributed by atoms with Gasteiger partial charge in [0.15, 0.2) is 11.6 Å². The number of nitrogens with zero attached hydrogens (tertiary/aromatic N) is 3. The topological polar surface area (TPSA) is 85.8 Å². The fourth-order valence-electron chi connectivity index (χ4n) is 4.09. The van der Waals surface area contributed by atoms with E-state index in [1.807, 2.05) is 33.1 Å². The molecule has 1 aromatic rings. The van der Waals surface area contributed by atoms with Crippen LogP contribution in [0.2, 0.25) is 0 Å². The van der Waals surface area contributed by atoms with Gasteiger partial charge < -0.3 is 14.8 Å². The van der Waals surface area contributed by atoms with Gasteiger partial charge in [-0.15, -0.1) is 0 Å². The van der Waals surface area contributed by atoms with Gasteiger partial charge in [-0.1, -0.05) is 0 Å². The zero-order valence-electron chi connectivity index (χ0n) is 18.3. The molecular weight excluding hydrogens is 392 g/mol. The number of H-pyrrole nitrogens is 1. The van der Waals surface area contributed by atoms with Crippen LogP contribution in [0.5, 0.6) is 0 Å². The average molecular weight is 418 g/mol. The second-order valence-electron chi connectivity index (χ2n) is 8.52. The molecule has 7 heteroatoms. The van der Waals surface area contributed by atoms with Gasteiger partial charge in [0.25, 0.3) is 0 Å². The summed E-state index contributed by atoms with van der Waals surface area (Å²) >= 11 is 0. The third-order valence-corrected chi connectivity index (χ3v) is 5.70. The molecule has 0 fully saturated rings. The number of nitrogens with one attached hydrogen (secondary N) is 1. The van der Waals surface area contributed by atoms with Crippen LogP contribution in [0.3, 0.4) is 0 Å². The zero-order chi connectivity index (χ0) is 22.3. The summed E-state index contributed by atoms with van der Waals surface area (Å²) in [5, 5.41) is 0. The lowest BCUT2D eigenvalue weighted by atomic mass is 9.89. The minimum Gasteiger partial charge on any atom is -0.351 e. The third kappa shape index (κ3) is 3.82. The number of aromatic amines is 1. The molecule has 0 spiro atoms. The summed E-state index contributed by atoms with van der Waals surface area (Å²) in [4.78, 5) is 49.7.